The summed E-state index contributed by atoms with van der Waals surface area (Å²) in [6.07, 6.45) is -4.44. The molecule has 0 bridgehead atoms. The Labute approximate surface area is 163 Å². The number of halogens is 3. The summed E-state index contributed by atoms with van der Waals surface area (Å²) in [6, 6.07) is 11.9. The average Bonchev–Trinajstić information content (AvgIpc) is 3.11. The van der Waals surface area contributed by atoms with Gasteiger partial charge in [0.05, 0.1) is 12.1 Å². The second-order valence-electron chi connectivity index (χ2n) is 6.28. The first-order valence-electron chi connectivity index (χ1n) is 8.50. The van der Waals surface area contributed by atoms with Gasteiger partial charge in [-0.15, -0.1) is 10.2 Å². The smallest absolute Gasteiger partial charge is 0.267 e. The molecule has 1 amide bonds. The standard InChI is InChI=1S/C19H15F3N4OS/c1-12-4-2-3-5-15(12)16-23-24-18-26(16)25(10-11-28-18)17(27)13-6-8-14(9-7-13)19(20,21)22/h2-9H,10-11H2,1H3. The maximum absolute atomic E-state index is 13.0. The van der Waals surface area contributed by atoms with Crippen LogP contribution in [-0.2, 0) is 6.18 Å². The molecule has 0 fully saturated rings. The lowest BCUT2D eigenvalue weighted by Gasteiger charge is -2.29. The number of fused-ring (bicyclic) bond motifs is 1. The molecule has 1 aromatic heterocycles. The van der Waals surface area contributed by atoms with Gasteiger partial charge in [0.1, 0.15) is 0 Å². The van der Waals surface area contributed by atoms with Gasteiger partial charge >= 0.3 is 6.18 Å². The summed E-state index contributed by atoms with van der Waals surface area (Å²) in [4.78, 5) is 13.0. The monoisotopic (exact) mass is 404 g/mol. The van der Waals surface area contributed by atoms with E-state index in [1.807, 2.05) is 31.2 Å². The Morgan fingerprint density at radius 1 is 1.07 bits per heavy atom. The first-order chi connectivity index (χ1) is 13.4. The molecule has 0 saturated heterocycles. The predicted molar refractivity (Wildman–Crippen MR) is 99.8 cm³/mol. The number of hydrogen-bond donors (Lipinski definition) is 0. The number of nitrogens with zero attached hydrogens (tertiary/aromatic N) is 4. The Kier molecular flexibility index (Phi) is 4.62. The minimum Gasteiger partial charge on any atom is -0.267 e. The molecule has 0 aliphatic carbocycles. The van der Waals surface area contributed by atoms with E-state index in [2.05, 4.69) is 10.2 Å². The van der Waals surface area contributed by atoms with Gasteiger partial charge in [0.2, 0.25) is 5.16 Å². The van der Waals surface area contributed by atoms with E-state index in [9.17, 15) is 18.0 Å². The number of benzene rings is 2. The third-order valence-electron chi connectivity index (χ3n) is 4.47. The molecule has 0 atom stereocenters. The molecule has 0 N–H and O–H groups in total. The molecule has 5 nitrogen and oxygen atoms in total. The summed E-state index contributed by atoms with van der Waals surface area (Å²) in [5, 5.41) is 10.5. The summed E-state index contributed by atoms with van der Waals surface area (Å²) in [5.41, 5.74) is 1.21. The SMILES string of the molecule is Cc1ccccc1-c1nnc2n1N(C(=O)c1ccc(C(F)(F)F)cc1)CCS2. The molecule has 1 aliphatic rings. The lowest BCUT2D eigenvalue weighted by Crippen LogP contribution is -2.45. The van der Waals surface area contributed by atoms with Crippen LogP contribution >= 0.6 is 11.8 Å². The molecule has 0 radical (unpaired) electrons. The summed E-state index contributed by atoms with van der Waals surface area (Å²) >= 11 is 1.48. The van der Waals surface area contributed by atoms with E-state index in [0.29, 0.717) is 23.3 Å². The molecule has 4 rings (SSSR count). The third-order valence-corrected chi connectivity index (χ3v) is 5.37. The van der Waals surface area contributed by atoms with Crippen LogP contribution in [0.1, 0.15) is 21.5 Å². The zero-order valence-electron chi connectivity index (χ0n) is 14.8. The van der Waals surface area contributed by atoms with Crippen molar-refractivity contribution in [2.24, 2.45) is 0 Å². The Morgan fingerprint density at radius 2 is 1.79 bits per heavy atom. The van der Waals surface area contributed by atoms with Gasteiger partial charge in [-0.1, -0.05) is 36.0 Å². The van der Waals surface area contributed by atoms with E-state index in [1.54, 1.807) is 4.68 Å². The lowest BCUT2D eigenvalue weighted by molar-refractivity contribution is -0.137. The quantitative estimate of drug-likeness (QED) is 0.644. The first-order valence-corrected chi connectivity index (χ1v) is 9.48. The highest BCUT2D eigenvalue weighted by Gasteiger charge is 2.32. The van der Waals surface area contributed by atoms with E-state index in [4.69, 9.17) is 0 Å². The van der Waals surface area contributed by atoms with Gasteiger partial charge < -0.3 is 0 Å². The van der Waals surface area contributed by atoms with Crippen molar-refractivity contribution in [1.82, 2.24) is 14.9 Å². The predicted octanol–water partition coefficient (Wildman–Crippen LogP) is 4.16. The van der Waals surface area contributed by atoms with Crippen LogP contribution in [-0.4, -0.2) is 33.1 Å². The topological polar surface area (TPSA) is 51.0 Å². The fourth-order valence-electron chi connectivity index (χ4n) is 3.03. The van der Waals surface area contributed by atoms with Gasteiger partial charge in [-0.25, -0.2) is 9.69 Å². The Hall–Kier alpha value is -2.81. The first kappa shape index (κ1) is 18.5. The molecule has 28 heavy (non-hydrogen) atoms. The highest BCUT2D eigenvalue weighted by atomic mass is 32.2. The Balaban J connectivity index is 1.73. The minimum atomic E-state index is -4.44. The molecular weight excluding hydrogens is 389 g/mol. The number of alkyl halides is 3. The van der Waals surface area contributed by atoms with Gasteiger partial charge in [0.15, 0.2) is 5.82 Å². The normalized spacial score (nSPS) is 14.1. The lowest BCUT2D eigenvalue weighted by atomic mass is 10.1. The number of thioether (sulfide) groups is 1. The van der Waals surface area contributed by atoms with E-state index in [0.717, 1.165) is 23.3 Å². The fraction of sp³-hybridized carbons (Fsp3) is 0.211. The second-order valence-corrected chi connectivity index (χ2v) is 7.35. The average molecular weight is 404 g/mol. The van der Waals surface area contributed by atoms with Crippen molar-refractivity contribution in [2.75, 3.05) is 17.3 Å². The van der Waals surface area contributed by atoms with Crippen LogP contribution in [0.2, 0.25) is 0 Å². The van der Waals surface area contributed by atoms with Crippen molar-refractivity contribution < 1.29 is 18.0 Å². The van der Waals surface area contributed by atoms with Crippen LogP contribution in [0.25, 0.3) is 11.4 Å². The molecule has 9 heteroatoms. The van der Waals surface area contributed by atoms with Crippen LogP contribution in [0.4, 0.5) is 13.2 Å². The van der Waals surface area contributed by atoms with E-state index in [-0.39, 0.29) is 5.56 Å². The summed E-state index contributed by atoms with van der Waals surface area (Å²) < 4.78 is 40.0. The molecule has 0 unspecified atom stereocenters. The van der Waals surface area contributed by atoms with Crippen LogP contribution in [0.3, 0.4) is 0 Å². The largest absolute Gasteiger partial charge is 0.416 e. The fourth-order valence-corrected chi connectivity index (χ4v) is 3.88. The number of rotatable bonds is 2. The second kappa shape index (κ2) is 6.97. The number of aromatic nitrogens is 3. The minimum absolute atomic E-state index is 0.176. The molecular formula is C19H15F3N4OS. The van der Waals surface area contributed by atoms with E-state index in [1.165, 1.54) is 28.9 Å². The zero-order valence-corrected chi connectivity index (χ0v) is 15.6. The highest BCUT2D eigenvalue weighted by molar-refractivity contribution is 7.99. The Morgan fingerprint density at radius 3 is 2.46 bits per heavy atom. The molecule has 1 aliphatic heterocycles. The Bertz CT molecular complexity index is 1030. The molecule has 0 spiro atoms. The van der Waals surface area contributed by atoms with Crippen molar-refractivity contribution >= 4 is 17.7 Å². The number of carbonyl (C=O) groups excluding carboxylic acids is 1. The van der Waals surface area contributed by atoms with Crippen LogP contribution < -0.4 is 5.01 Å². The third kappa shape index (κ3) is 3.26. The summed E-state index contributed by atoms with van der Waals surface area (Å²) in [7, 11) is 0. The van der Waals surface area contributed by atoms with Crippen molar-refractivity contribution in [3.8, 4) is 11.4 Å². The summed E-state index contributed by atoms with van der Waals surface area (Å²) in [6.45, 7) is 2.34. The molecule has 144 valence electrons. The van der Waals surface area contributed by atoms with Crippen LogP contribution in [0, 0.1) is 6.92 Å². The van der Waals surface area contributed by atoms with E-state index < -0.39 is 17.6 Å². The van der Waals surface area contributed by atoms with Crippen LogP contribution in [0.5, 0.6) is 0 Å². The molecule has 2 aromatic carbocycles. The van der Waals surface area contributed by atoms with Gasteiger partial charge in [0, 0.05) is 16.9 Å². The maximum Gasteiger partial charge on any atom is 0.416 e. The van der Waals surface area contributed by atoms with Crippen molar-refractivity contribution in [1.29, 1.82) is 0 Å². The van der Waals surface area contributed by atoms with Crippen molar-refractivity contribution in [3.63, 3.8) is 0 Å². The van der Waals surface area contributed by atoms with Gasteiger partial charge in [-0.3, -0.25) is 4.79 Å². The number of carbonyl (C=O) groups is 1. The maximum atomic E-state index is 13.0. The van der Waals surface area contributed by atoms with Crippen molar-refractivity contribution in [3.05, 3.63) is 65.2 Å². The molecule has 0 saturated carbocycles. The van der Waals surface area contributed by atoms with Gasteiger partial charge in [-0.2, -0.15) is 13.2 Å². The van der Waals surface area contributed by atoms with Crippen LogP contribution in [0.15, 0.2) is 53.7 Å². The van der Waals surface area contributed by atoms with Gasteiger partial charge in [0.25, 0.3) is 5.91 Å². The number of amides is 1. The summed E-state index contributed by atoms with van der Waals surface area (Å²) in [5.74, 6) is 0.753. The van der Waals surface area contributed by atoms with E-state index >= 15 is 0 Å². The molecule has 3 aromatic rings. The number of aryl methyl sites for hydroxylation is 1. The molecule has 2 heterocycles. The number of hydrogen-bond acceptors (Lipinski definition) is 4. The van der Waals surface area contributed by atoms with Gasteiger partial charge in [-0.05, 0) is 36.8 Å². The zero-order chi connectivity index (χ0) is 19.9. The van der Waals surface area contributed by atoms with Crippen molar-refractivity contribution in [2.45, 2.75) is 18.3 Å². The highest BCUT2D eigenvalue weighted by Crippen LogP contribution is 2.31.